The molecule has 0 bridgehead atoms. The highest BCUT2D eigenvalue weighted by molar-refractivity contribution is 5.92. The number of alkyl halides is 3. The molecule has 0 aromatic carbocycles. The highest BCUT2D eigenvalue weighted by Crippen LogP contribution is 2.40. The standard InChI is InChI=1S/C19H29N3O2.C2HF3O2/c1-4-24-14-16-5-7-19(21(16)3)8-11-22(12-9-19)18(23)17-13-15(2)6-10-20-17;3-2(4,5)1(6)7/h6,10,13,16H,4-5,7-9,11-12,14H2,1-3H3;(H,6,7). The van der Waals surface area contributed by atoms with E-state index in [4.69, 9.17) is 14.6 Å². The summed E-state index contributed by atoms with van der Waals surface area (Å²) in [4.78, 5) is 30.3. The van der Waals surface area contributed by atoms with Crippen LogP contribution >= 0.6 is 0 Å². The Hall–Kier alpha value is -2.20. The van der Waals surface area contributed by atoms with Crippen molar-refractivity contribution in [3.05, 3.63) is 29.6 Å². The van der Waals surface area contributed by atoms with Crippen molar-refractivity contribution in [1.82, 2.24) is 14.8 Å². The monoisotopic (exact) mass is 445 g/mol. The highest BCUT2D eigenvalue weighted by Gasteiger charge is 2.46. The van der Waals surface area contributed by atoms with Crippen LogP contribution in [0.25, 0.3) is 0 Å². The Morgan fingerprint density at radius 2 is 1.90 bits per heavy atom. The average Bonchev–Trinajstić information content (AvgIpc) is 3.01. The Morgan fingerprint density at radius 1 is 1.29 bits per heavy atom. The van der Waals surface area contributed by atoms with E-state index in [-0.39, 0.29) is 11.4 Å². The number of carbonyl (C=O) groups excluding carboxylic acids is 1. The number of nitrogens with zero attached hydrogens (tertiary/aromatic N) is 3. The van der Waals surface area contributed by atoms with Gasteiger partial charge in [0, 0.05) is 37.5 Å². The van der Waals surface area contributed by atoms with Crippen LogP contribution in [0.4, 0.5) is 13.2 Å². The quantitative estimate of drug-likeness (QED) is 0.767. The van der Waals surface area contributed by atoms with Crippen LogP contribution in [0.1, 0.15) is 48.7 Å². The molecular formula is C21H30F3N3O4. The molecule has 10 heteroatoms. The third kappa shape index (κ3) is 6.39. The van der Waals surface area contributed by atoms with Crippen molar-refractivity contribution < 1.29 is 32.6 Å². The summed E-state index contributed by atoms with van der Waals surface area (Å²) in [5.41, 5.74) is 1.90. The van der Waals surface area contributed by atoms with Gasteiger partial charge in [-0.25, -0.2) is 4.79 Å². The molecule has 2 fully saturated rings. The normalized spacial score (nSPS) is 21.0. The van der Waals surface area contributed by atoms with Gasteiger partial charge in [0.2, 0.25) is 0 Å². The molecule has 1 unspecified atom stereocenters. The number of carbonyl (C=O) groups is 2. The van der Waals surface area contributed by atoms with Crippen LogP contribution in [0, 0.1) is 6.92 Å². The minimum Gasteiger partial charge on any atom is -0.475 e. The second-order valence-corrected chi connectivity index (χ2v) is 8.00. The molecule has 1 atom stereocenters. The molecule has 2 aliphatic rings. The molecule has 1 amide bonds. The summed E-state index contributed by atoms with van der Waals surface area (Å²) in [7, 11) is 2.23. The van der Waals surface area contributed by atoms with Gasteiger partial charge in [-0.05, 0) is 64.3 Å². The van der Waals surface area contributed by atoms with Gasteiger partial charge >= 0.3 is 12.1 Å². The van der Waals surface area contributed by atoms with E-state index in [1.54, 1.807) is 6.20 Å². The molecule has 1 aromatic heterocycles. The molecule has 31 heavy (non-hydrogen) atoms. The van der Waals surface area contributed by atoms with Crippen LogP contribution in [0.15, 0.2) is 18.3 Å². The third-order valence-electron chi connectivity index (χ3n) is 6.11. The van der Waals surface area contributed by atoms with Gasteiger partial charge in [-0.3, -0.25) is 14.7 Å². The van der Waals surface area contributed by atoms with Crippen molar-refractivity contribution in [1.29, 1.82) is 0 Å². The second kappa shape index (κ2) is 10.4. The molecule has 1 aromatic rings. The number of carboxylic acids is 1. The number of aromatic nitrogens is 1. The zero-order valence-corrected chi connectivity index (χ0v) is 18.1. The van der Waals surface area contributed by atoms with Crippen molar-refractivity contribution in [2.24, 2.45) is 0 Å². The Balaban J connectivity index is 0.000000423. The molecule has 0 saturated carbocycles. The number of piperidine rings is 1. The lowest BCUT2D eigenvalue weighted by molar-refractivity contribution is -0.192. The third-order valence-corrected chi connectivity index (χ3v) is 6.11. The predicted octanol–water partition coefficient (Wildman–Crippen LogP) is 3.13. The fourth-order valence-electron chi connectivity index (χ4n) is 4.19. The fourth-order valence-corrected chi connectivity index (χ4v) is 4.19. The first-order chi connectivity index (χ1) is 14.5. The average molecular weight is 445 g/mol. The summed E-state index contributed by atoms with van der Waals surface area (Å²) in [5, 5.41) is 7.12. The van der Waals surface area contributed by atoms with E-state index in [1.165, 1.54) is 12.8 Å². The van der Waals surface area contributed by atoms with Crippen LogP contribution in [-0.4, -0.2) is 82.9 Å². The minimum atomic E-state index is -5.08. The number of carboxylic acid groups (broad SMARTS) is 1. The maximum Gasteiger partial charge on any atom is 0.490 e. The van der Waals surface area contributed by atoms with Crippen molar-refractivity contribution in [3.63, 3.8) is 0 Å². The highest BCUT2D eigenvalue weighted by atomic mass is 19.4. The maximum atomic E-state index is 12.7. The summed E-state index contributed by atoms with van der Waals surface area (Å²) >= 11 is 0. The van der Waals surface area contributed by atoms with Gasteiger partial charge in [0.05, 0.1) is 6.61 Å². The first kappa shape index (κ1) is 25.1. The SMILES string of the molecule is CCOCC1CCC2(CCN(C(=O)c3cc(C)ccn3)CC2)N1C.O=C(O)C(F)(F)F. The van der Waals surface area contributed by atoms with Gasteiger partial charge in [-0.1, -0.05) is 0 Å². The Bertz CT molecular complexity index is 764. The molecule has 7 nitrogen and oxygen atoms in total. The van der Waals surface area contributed by atoms with Crippen LogP contribution < -0.4 is 0 Å². The number of ether oxygens (including phenoxy) is 1. The van der Waals surface area contributed by atoms with E-state index >= 15 is 0 Å². The molecule has 1 spiro atoms. The lowest BCUT2D eigenvalue weighted by atomic mass is 9.85. The lowest BCUT2D eigenvalue weighted by Gasteiger charge is -2.45. The number of hydrogen-bond donors (Lipinski definition) is 1. The van der Waals surface area contributed by atoms with Gasteiger partial charge in [-0.2, -0.15) is 13.2 Å². The molecule has 2 saturated heterocycles. The Morgan fingerprint density at radius 3 is 2.42 bits per heavy atom. The molecule has 3 rings (SSSR count). The Labute approximate surface area is 180 Å². The van der Waals surface area contributed by atoms with Crippen LogP contribution in [0.3, 0.4) is 0 Å². The van der Waals surface area contributed by atoms with Crippen molar-refractivity contribution in [3.8, 4) is 0 Å². The molecule has 2 aliphatic heterocycles. The van der Waals surface area contributed by atoms with Gasteiger partial charge in [-0.15, -0.1) is 0 Å². The van der Waals surface area contributed by atoms with Gasteiger partial charge < -0.3 is 14.7 Å². The largest absolute Gasteiger partial charge is 0.490 e. The first-order valence-electron chi connectivity index (χ1n) is 10.3. The number of likely N-dealkylation sites (tertiary alicyclic amines) is 2. The molecule has 0 radical (unpaired) electrons. The van der Waals surface area contributed by atoms with E-state index in [0.717, 1.165) is 44.7 Å². The number of halogens is 3. The number of rotatable bonds is 4. The minimum absolute atomic E-state index is 0.0695. The van der Waals surface area contributed by atoms with Crippen molar-refractivity contribution >= 4 is 11.9 Å². The smallest absolute Gasteiger partial charge is 0.475 e. The number of pyridine rings is 1. The molecule has 3 heterocycles. The van der Waals surface area contributed by atoms with Crippen LogP contribution in [-0.2, 0) is 9.53 Å². The second-order valence-electron chi connectivity index (χ2n) is 8.00. The number of hydrogen-bond acceptors (Lipinski definition) is 5. The van der Waals surface area contributed by atoms with Gasteiger partial charge in [0.1, 0.15) is 5.69 Å². The first-order valence-corrected chi connectivity index (χ1v) is 10.3. The number of aliphatic carboxylic acids is 1. The zero-order chi connectivity index (χ0) is 23.2. The van der Waals surface area contributed by atoms with E-state index in [0.29, 0.717) is 11.7 Å². The topological polar surface area (TPSA) is 83.0 Å². The molecule has 1 N–H and O–H groups in total. The molecule has 0 aliphatic carbocycles. The fraction of sp³-hybridized carbons (Fsp3) is 0.667. The summed E-state index contributed by atoms with van der Waals surface area (Å²) in [6, 6.07) is 4.33. The Kier molecular flexibility index (Phi) is 8.41. The van der Waals surface area contributed by atoms with E-state index in [9.17, 15) is 18.0 Å². The summed E-state index contributed by atoms with van der Waals surface area (Å²) in [6.07, 6.45) is 1.14. The lowest BCUT2D eigenvalue weighted by Crippen LogP contribution is -2.54. The number of aryl methyl sites for hydroxylation is 1. The summed E-state index contributed by atoms with van der Waals surface area (Å²) in [6.45, 7) is 7.29. The van der Waals surface area contributed by atoms with Crippen LogP contribution in [0.5, 0.6) is 0 Å². The summed E-state index contributed by atoms with van der Waals surface area (Å²) < 4.78 is 37.4. The zero-order valence-electron chi connectivity index (χ0n) is 18.1. The van der Waals surface area contributed by atoms with E-state index in [1.807, 2.05) is 30.9 Å². The predicted molar refractivity (Wildman–Crippen MR) is 108 cm³/mol. The maximum absolute atomic E-state index is 12.7. The number of likely N-dealkylation sites (N-methyl/N-ethyl adjacent to an activating group) is 1. The van der Waals surface area contributed by atoms with Crippen molar-refractivity contribution in [2.75, 3.05) is 33.4 Å². The van der Waals surface area contributed by atoms with E-state index in [2.05, 4.69) is 16.9 Å². The van der Waals surface area contributed by atoms with Gasteiger partial charge in [0.15, 0.2) is 0 Å². The molecular weight excluding hydrogens is 415 g/mol. The number of amides is 1. The van der Waals surface area contributed by atoms with Gasteiger partial charge in [0.25, 0.3) is 5.91 Å². The van der Waals surface area contributed by atoms with E-state index < -0.39 is 12.1 Å². The van der Waals surface area contributed by atoms with Crippen LogP contribution in [0.2, 0.25) is 0 Å². The van der Waals surface area contributed by atoms with Crippen molar-refractivity contribution in [2.45, 2.75) is 57.3 Å². The summed E-state index contributed by atoms with van der Waals surface area (Å²) in [5.74, 6) is -2.69. The molecule has 174 valence electrons.